The minimum absolute atomic E-state index is 0.00263. The third-order valence-electron chi connectivity index (χ3n) is 6.47. The molecule has 2 aromatic carbocycles. The number of morpholine rings is 1. The minimum atomic E-state index is -3.38. The molecule has 1 amide bonds. The number of piperidine rings is 1. The van der Waals surface area contributed by atoms with Crippen LogP contribution in [0.1, 0.15) is 29.5 Å². The van der Waals surface area contributed by atoms with Crippen LogP contribution in [0.2, 0.25) is 0 Å². The predicted octanol–water partition coefficient (Wildman–Crippen LogP) is 2.69. The Balaban J connectivity index is 1.23. The standard InChI is InChI=1S/C25H33N3O4S/c1-20-2-4-22(5-3-20)19-33(30,31)28-12-10-23(11-13-28)25(29)26-18-21-6-8-24(9-7-21)27-14-16-32-17-15-27/h2-9,23H,10-19H2,1H3,(H,26,29). The maximum Gasteiger partial charge on any atom is 0.223 e. The van der Waals surface area contributed by atoms with Crippen molar-refractivity contribution >= 4 is 21.6 Å². The van der Waals surface area contributed by atoms with Crippen molar-refractivity contribution in [1.82, 2.24) is 9.62 Å². The first-order chi connectivity index (χ1) is 15.9. The van der Waals surface area contributed by atoms with Crippen molar-refractivity contribution in [3.05, 3.63) is 65.2 Å². The quantitative estimate of drug-likeness (QED) is 0.672. The Bertz CT molecular complexity index is 1020. The average molecular weight is 472 g/mol. The number of nitrogens with zero attached hydrogens (tertiary/aromatic N) is 2. The first-order valence-corrected chi connectivity index (χ1v) is 13.2. The topological polar surface area (TPSA) is 79.0 Å². The Morgan fingerprint density at radius 1 is 0.939 bits per heavy atom. The summed E-state index contributed by atoms with van der Waals surface area (Å²) in [5.74, 6) is -0.142. The number of aryl methyl sites for hydroxylation is 1. The molecule has 2 fully saturated rings. The Kier molecular flexibility index (Phi) is 7.67. The number of anilines is 1. The van der Waals surface area contributed by atoms with Gasteiger partial charge in [-0.05, 0) is 43.0 Å². The summed E-state index contributed by atoms with van der Waals surface area (Å²) < 4.78 is 32.5. The van der Waals surface area contributed by atoms with Gasteiger partial charge in [0.15, 0.2) is 0 Å². The van der Waals surface area contributed by atoms with Gasteiger partial charge in [0.1, 0.15) is 0 Å². The molecule has 1 N–H and O–H groups in total. The van der Waals surface area contributed by atoms with Crippen molar-refractivity contribution in [2.45, 2.75) is 32.1 Å². The van der Waals surface area contributed by atoms with Gasteiger partial charge < -0.3 is 15.0 Å². The van der Waals surface area contributed by atoms with Crippen molar-refractivity contribution in [3.8, 4) is 0 Å². The lowest BCUT2D eigenvalue weighted by molar-refractivity contribution is -0.126. The zero-order valence-corrected chi connectivity index (χ0v) is 20.0. The minimum Gasteiger partial charge on any atom is -0.378 e. The van der Waals surface area contributed by atoms with E-state index in [1.807, 2.05) is 43.3 Å². The second-order valence-electron chi connectivity index (χ2n) is 8.90. The molecule has 0 aliphatic carbocycles. The van der Waals surface area contributed by atoms with Crippen LogP contribution >= 0.6 is 0 Å². The molecule has 2 aliphatic heterocycles. The maximum atomic E-state index is 12.8. The van der Waals surface area contributed by atoms with E-state index in [1.54, 1.807) is 0 Å². The molecule has 0 aromatic heterocycles. The van der Waals surface area contributed by atoms with Crippen molar-refractivity contribution in [3.63, 3.8) is 0 Å². The second-order valence-corrected chi connectivity index (χ2v) is 10.9. The van der Waals surface area contributed by atoms with Gasteiger partial charge in [-0.15, -0.1) is 0 Å². The van der Waals surface area contributed by atoms with Gasteiger partial charge in [-0.3, -0.25) is 4.79 Å². The number of hydrogen-bond acceptors (Lipinski definition) is 5. The Hall–Kier alpha value is -2.42. The highest BCUT2D eigenvalue weighted by atomic mass is 32.2. The molecular formula is C25H33N3O4S. The third-order valence-corrected chi connectivity index (χ3v) is 8.32. The lowest BCUT2D eigenvalue weighted by Crippen LogP contribution is -2.43. The van der Waals surface area contributed by atoms with Gasteiger partial charge in [-0.25, -0.2) is 12.7 Å². The van der Waals surface area contributed by atoms with Gasteiger partial charge in [-0.2, -0.15) is 0 Å². The van der Waals surface area contributed by atoms with Gasteiger partial charge in [0.2, 0.25) is 15.9 Å². The summed E-state index contributed by atoms with van der Waals surface area (Å²) in [6, 6.07) is 15.8. The van der Waals surface area contributed by atoms with E-state index in [9.17, 15) is 13.2 Å². The van der Waals surface area contributed by atoms with Gasteiger partial charge in [0.25, 0.3) is 0 Å². The summed E-state index contributed by atoms with van der Waals surface area (Å²) in [6.07, 6.45) is 1.10. The largest absolute Gasteiger partial charge is 0.378 e. The van der Waals surface area contributed by atoms with Gasteiger partial charge in [-0.1, -0.05) is 42.0 Å². The van der Waals surface area contributed by atoms with E-state index in [-0.39, 0.29) is 17.6 Å². The molecule has 0 spiro atoms. The lowest BCUT2D eigenvalue weighted by Gasteiger charge is -2.30. The number of ether oxygens (including phenoxy) is 1. The number of benzene rings is 2. The van der Waals surface area contributed by atoms with Crippen LogP contribution in [-0.4, -0.2) is 58.0 Å². The van der Waals surface area contributed by atoms with Crippen LogP contribution in [-0.2, 0) is 31.9 Å². The van der Waals surface area contributed by atoms with Crippen molar-refractivity contribution < 1.29 is 17.9 Å². The van der Waals surface area contributed by atoms with Crippen LogP contribution < -0.4 is 10.2 Å². The van der Waals surface area contributed by atoms with Crippen LogP contribution in [0.5, 0.6) is 0 Å². The van der Waals surface area contributed by atoms with Crippen molar-refractivity contribution in [2.24, 2.45) is 5.92 Å². The summed E-state index contributed by atoms with van der Waals surface area (Å²) in [7, 11) is -3.38. The molecule has 2 aliphatic rings. The fourth-order valence-corrected chi connectivity index (χ4v) is 5.93. The number of amides is 1. The summed E-state index contributed by atoms with van der Waals surface area (Å²) in [6.45, 7) is 6.54. The highest BCUT2D eigenvalue weighted by Gasteiger charge is 2.31. The zero-order valence-electron chi connectivity index (χ0n) is 19.2. The summed E-state index contributed by atoms with van der Waals surface area (Å²) >= 11 is 0. The molecule has 2 saturated heterocycles. The second kappa shape index (κ2) is 10.7. The van der Waals surface area contributed by atoms with E-state index in [1.165, 1.54) is 9.99 Å². The first kappa shape index (κ1) is 23.7. The number of hydrogen-bond donors (Lipinski definition) is 1. The Morgan fingerprint density at radius 3 is 2.18 bits per heavy atom. The van der Waals surface area contributed by atoms with Crippen molar-refractivity contribution in [1.29, 1.82) is 0 Å². The van der Waals surface area contributed by atoms with Crippen LogP contribution in [0.4, 0.5) is 5.69 Å². The SMILES string of the molecule is Cc1ccc(CS(=O)(=O)N2CCC(C(=O)NCc3ccc(N4CCOCC4)cc3)CC2)cc1. The molecule has 2 heterocycles. The molecular weight excluding hydrogens is 438 g/mol. The molecule has 0 radical (unpaired) electrons. The molecule has 2 aromatic rings. The van der Waals surface area contributed by atoms with Gasteiger partial charge in [0.05, 0.1) is 19.0 Å². The van der Waals surface area contributed by atoms with E-state index in [4.69, 9.17) is 4.74 Å². The smallest absolute Gasteiger partial charge is 0.223 e. The molecule has 0 unspecified atom stereocenters. The zero-order chi connectivity index (χ0) is 23.3. The Labute approximate surface area is 196 Å². The predicted molar refractivity (Wildman–Crippen MR) is 129 cm³/mol. The number of rotatable bonds is 7. The summed E-state index contributed by atoms with van der Waals surface area (Å²) in [5.41, 5.74) is 4.13. The maximum absolute atomic E-state index is 12.8. The summed E-state index contributed by atoms with van der Waals surface area (Å²) in [4.78, 5) is 15.0. The van der Waals surface area contributed by atoms with Crippen LogP contribution in [0, 0.1) is 12.8 Å². The number of carbonyl (C=O) groups is 1. The highest BCUT2D eigenvalue weighted by Crippen LogP contribution is 2.22. The van der Waals surface area contributed by atoms with E-state index < -0.39 is 10.0 Å². The normalized spacial score (nSPS) is 18.3. The Morgan fingerprint density at radius 2 is 1.55 bits per heavy atom. The van der Waals surface area contributed by atoms with Gasteiger partial charge in [0, 0.05) is 44.3 Å². The monoisotopic (exact) mass is 471 g/mol. The first-order valence-electron chi connectivity index (χ1n) is 11.6. The van der Waals surface area contributed by atoms with Crippen LogP contribution in [0.3, 0.4) is 0 Å². The molecule has 0 saturated carbocycles. The van der Waals surface area contributed by atoms with Crippen LogP contribution in [0.25, 0.3) is 0 Å². The van der Waals surface area contributed by atoms with E-state index in [2.05, 4.69) is 22.3 Å². The molecule has 4 rings (SSSR count). The fourth-order valence-electron chi connectivity index (χ4n) is 4.36. The highest BCUT2D eigenvalue weighted by molar-refractivity contribution is 7.88. The third kappa shape index (κ3) is 6.34. The fraction of sp³-hybridized carbons (Fsp3) is 0.480. The number of nitrogens with one attached hydrogen (secondary N) is 1. The van der Waals surface area contributed by atoms with E-state index >= 15 is 0 Å². The van der Waals surface area contributed by atoms with E-state index in [0.29, 0.717) is 32.5 Å². The molecule has 0 bridgehead atoms. The molecule has 7 nitrogen and oxygen atoms in total. The summed E-state index contributed by atoms with van der Waals surface area (Å²) in [5, 5.41) is 3.03. The van der Waals surface area contributed by atoms with Crippen LogP contribution in [0.15, 0.2) is 48.5 Å². The lowest BCUT2D eigenvalue weighted by atomic mass is 9.97. The molecule has 8 heteroatoms. The number of sulfonamides is 1. The average Bonchev–Trinajstić information content (AvgIpc) is 2.85. The molecule has 0 atom stereocenters. The van der Waals surface area contributed by atoms with E-state index in [0.717, 1.165) is 43.0 Å². The van der Waals surface area contributed by atoms with Crippen molar-refractivity contribution in [2.75, 3.05) is 44.3 Å². The number of carbonyl (C=O) groups excluding carboxylic acids is 1. The van der Waals surface area contributed by atoms with Gasteiger partial charge >= 0.3 is 0 Å². The molecule has 178 valence electrons. The molecule has 33 heavy (non-hydrogen) atoms.